The minimum atomic E-state index is -1.32. The van der Waals surface area contributed by atoms with E-state index in [-0.39, 0.29) is 5.69 Å². The topological polar surface area (TPSA) is 92.4 Å². The molecule has 0 saturated heterocycles. The molecule has 1 aliphatic carbocycles. The fraction of sp³-hybridized carbons (Fsp3) is 0.545. The maximum absolute atomic E-state index is 11.7. The van der Waals surface area contributed by atoms with Gasteiger partial charge >= 0.3 is 5.97 Å². The Bertz CT molecular complexity index is 460. The molecule has 1 saturated carbocycles. The number of nitrogens with one attached hydrogen (secondary N) is 1. The number of hydrogen-bond acceptors (Lipinski definition) is 4. The van der Waals surface area contributed by atoms with E-state index in [9.17, 15) is 9.59 Å². The number of aliphatic carboxylic acids is 1. The van der Waals surface area contributed by atoms with Gasteiger partial charge in [0.1, 0.15) is 11.3 Å². The van der Waals surface area contributed by atoms with E-state index < -0.39 is 17.4 Å². The first-order valence-electron chi connectivity index (χ1n) is 5.42. The van der Waals surface area contributed by atoms with E-state index >= 15 is 0 Å². The fourth-order valence-corrected chi connectivity index (χ4v) is 1.36. The second kappa shape index (κ2) is 3.87. The first-order valence-corrected chi connectivity index (χ1v) is 5.42. The van der Waals surface area contributed by atoms with E-state index in [0.29, 0.717) is 11.7 Å². The molecule has 92 valence electrons. The van der Waals surface area contributed by atoms with Gasteiger partial charge in [-0.3, -0.25) is 4.79 Å². The van der Waals surface area contributed by atoms with Crippen LogP contribution < -0.4 is 5.32 Å². The van der Waals surface area contributed by atoms with Gasteiger partial charge in [-0.2, -0.15) is 0 Å². The lowest BCUT2D eigenvalue weighted by Gasteiger charge is -2.19. The highest BCUT2D eigenvalue weighted by molar-refractivity contribution is 5.96. The fourth-order valence-electron chi connectivity index (χ4n) is 1.36. The Morgan fingerprint density at radius 2 is 2.18 bits per heavy atom. The monoisotopic (exact) mass is 238 g/mol. The molecule has 0 radical (unpaired) electrons. The minimum absolute atomic E-state index is 0.126. The molecule has 1 aromatic heterocycles. The van der Waals surface area contributed by atoms with Crippen molar-refractivity contribution in [1.82, 2.24) is 10.5 Å². The van der Waals surface area contributed by atoms with E-state index in [1.165, 1.54) is 13.8 Å². The normalized spacial score (nSPS) is 15.6. The van der Waals surface area contributed by atoms with Crippen LogP contribution in [0.2, 0.25) is 0 Å². The van der Waals surface area contributed by atoms with E-state index in [1.807, 2.05) is 0 Å². The molecular weight excluding hydrogens is 224 g/mol. The number of carboxylic acid groups (broad SMARTS) is 1. The van der Waals surface area contributed by atoms with E-state index in [1.54, 1.807) is 6.07 Å². The van der Waals surface area contributed by atoms with Gasteiger partial charge in [-0.05, 0) is 26.7 Å². The summed E-state index contributed by atoms with van der Waals surface area (Å²) in [6.07, 6.45) is 2.10. The van der Waals surface area contributed by atoms with Crippen molar-refractivity contribution >= 4 is 11.9 Å². The van der Waals surface area contributed by atoms with E-state index in [0.717, 1.165) is 12.8 Å². The number of carbonyl (C=O) groups excluding carboxylic acids is 1. The van der Waals surface area contributed by atoms with Crippen LogP contribution in [-0.4, -0.2) is 27.7 Å². The Kier molecular flexibility index (Phi) is 2.65. The number of amides is 1. The summed E-state index contributed by atoms with van der Waals surface area (Å²) in [7, 11) is 0. The molecule has 0 atom stereocenters. The van der Waals surface area contributed by atoms with Crippen molar-refractivity contribution in [3.8, 4) is 0 Å². The van der Waals surface area contributed by atoms with Crippen LogP contribution in [0.4, 0.5) is 0 Å². The summed E-state index contributed by atoms with van der Waals surface area (Å²) in [5, 5.41) is 14.9. The number of nitrogens with zero attached hydrogens (tertiary/aromatic N) is 1. The van der Waals surface area contributed by atoms with Gasteiger partial charge in [0.05, 0.1) is 0 Å². The predicted molar refractivity (Wildman–Crippen MR) is 57.7 cm³/mol. The molecule has 0 bridgehead atoms. The molecular formula is C11H14N2O4. The summed E-state index contributed by atoms with van der Waals surface area (Å²) >= 11 is 0. The SMILES string of the molecule is CC(C)(NC(=O)c1cc(C2CC2)on1)C(=O)O. The summed E-state index contributed by atoms with van der Waals surface area (Å²) in [5.74, 6) is -0.565. The predicted octanol–water partition coefficient (Wildman–Crippen LogP) is 1.15. The van der Waals surface area contributed by atoms with Gasteiger partial charge in [-0.15, -0.1) is 0 Å². The Morgan fingerprint density at radius 3 is 2.71 bits per heavy atom. The zero-order chi connectivity index (χ0) is 12.6. The lowest BCUT2D eigenvalue weighted by Crippen LogP contribution is -2.49. The first-order chi connectivity index (χ1) is 7.90. The molecule has 1 aliphatic rings. The number of hydrogen-bond donors (Lipinski definition) is 2. The van der Waals surface area contributed by atoms with Crippen LogP contribution in [0.3, 0.4) is 0 Å². The number of aromatic nitrogens is 1. The Hall–Kier alpha value is -1.85. The van der Waals surface area contributed by atoms with Crippen LogP contribution >= 0.6 is 0 Å². The standard InChI is InChI=1S/C11H14N2O4/c1-11(2,10(15)16)12-9(14)7-5-8(17-13-7)6-3-4-6/h5-6H,3-4H2,1-2H3,(H,12,14)(H,15,16). The molecule has 6 heteroatoms. The Balaban J connectivity index is 2.06. The molecule has 1 aromatic rings. The van der Waals surface area contributed by atoms with Crippen molar-refractivity contribution in [3.05, 3.63) is 17.5 Å². The molecule has 1 heterocycles. The number of carbonyl (C=O) groups is 2. The van der Waals surface area contributed by atoms with E-state index in [4.69, 9.17) is 9.63 Å². The summed E-state index contributed by atoms with van der Waals surface area (Å²) in [6.45, 7) is 2.82. The lowest BCUT2D eigenvalue weighted by atomic mass is 10.1. The summed E-state index contributed by atoms with van der Waals surface area (Å²) in [5.41, 5.74) is -1.20. The first kappa shape index (κ1) is 11.6. The molecule has 17 heavy (non-hydrogen) atoms. The average Bonchev–Trinajstić information content (AvgIpc) is 2.95. The highest BCUT2D eigenvalue weighted by Crippen LogP contribution is 2.40. The highest BCUT2D eigenvalue weighted by Gasteiger charge is 2.32. The van der Waals surface area contributed by atoms with Crippen molar-refractivity contribution in [2.75, 3.05) is 0 Å². The molecule has 2 N–H and O–H groups in total. The van der Waals surface area contributed by atoms with Crippen molar-refractivity contribution < 1.29 is 19.2 Å². The second-order valence-corrected chi connectivity index (χ2v) is 4.77. The van der Waals surface area contributed by atoms with Gasteiger partial charge < -0.3 is 14.9 Å². The van der Waals surface area contributed by atoms with Crippen molar-refractivity contribution in [2.24, 2.45) is 0 Å². The molecule has 2 rings (SSSR count). The van der Waals surface area contributed by atoms with Crippen LogP contribution in [0.5, 0.6) is 0 Å². The van der Waals surface area contributed by atoms with Crippen LogP contribution in [0.15, 0.2) is 10.6 Å². The number of rotatable bonds is 4. The minimum Gasteiger partial charge on any atom is -0.480 e. The quantitative estimate of drug-likeness (QED) is 0.820. The van der Waals surface area contributed by atoms with Gasteiger partial charge in [-0.25, -0.2) is 4.79 Å². The molecule has 1 fully saturated rings. The van der Waals surface area contributed by atoms with Crippen LogP contribution in [0.1, 0.15) is 48.9 Å². The molecule has 0 unspecified atom stereocenters. The third kappa shape index (κ3) is 2.46. The zero-order valence-electron chi connectivity index (χ0n) is 9.69. The maximum atomic E-state index is 11.7. The molecule has 0 spiro atoms. The smallest absolute Gasteiger partial charge is 0.328 e. The molecule has 0 aromatic carbocycles. The average molecular weight is 238 g/mol. The molecule has 0 aliphatic heterocycles. The Morgan fingerprint density at radius 1 is 1.53 bits per heavy atom. The third-order valence-electron chi connectivity index (χ3n) is 2.70. The van der Waals surface area contributed by atoms with Gasteiger partial charge in [-0.1, -0.05) is 5.16 Å². The van der Waals surface area contributed by atoms with Gasteiger partial charge in [0, 0.05) is 12.0 Å². The van der Waals surface area contributed by atoms with Gasteiger partial charge in [0.25, 0.3) is 5.91 Å². The maximum Gasteiger partial charge on any atom is 0.328 e. The summed E-state index contributed by atoms with van der Waals surface area (Å²) < 4.78 is 5.03. The van der Waals surface area contributed by atoms with Gasteiger partial charge in [0.2, 0.25) is 0 Å². The highest BCUT2D eigenvalue weighted by atomic mass is 16.5. The van der Waals surface area contributed by atoms with Crippen LogP contribution in [0.25, 0.3) is 0 Å². The van der Waals surface area contributed by atoms with Crippen LogP contribution in [0, 0.1) is 0 Å². The zero-order valence-corrected chi connectivity index (χ0v) is 9.69. The largest absolute Gasteiger partial charge is 0.480 e. The van der Waals surface area contributed by atoms with Gasteiger partial charge in [0.15, 0.2) is 5.69 Å². The van der Waals surface area contributed by atoms with Crippen molar-refractivity contribution in [2.45, 2.75) is 38.1 Å². The third-order valence-corrected chi connectivity index (χ3v) is 2.70. The number of carboxylic acids is 1. The van der Waals surface area contributed by atoms with E-state index in [2.05, 4.69) is 10.5 Å². The molecule has 1 amide bonds. The summed E-state index contributed by atoms with van der Waals surface area (Å²) in [6, 6.07) is 1.57. The Labute approximate surface area is 98.0 Å². The van der Waals surface area contributed by atoms with Crippen LogP contribution in [-0.2, 0) is 4.79 Å². The second-order valence-electron chi connectivity index (χ2n) is 4.77. The molecule has 6 nitrogen and oxygen atoms in total. The lowest BCUT2D eigenvalue weighted by molar-refractivity contribution is -0.143. The van der Waals surface area contributed by atoms with Crippen molar-refractivity contribution in [1.29, 1.82) is 0 Å². The van der Waals surface area contributed by atoms with Crippen molar-refractivity contribution in [3.63, 3.8) is 0 Å². The summed E-state index contributed by atoms with van der Waals surface area (Å²) in [4.78, 5) is 22.6.